The fraction of sp³-hybridized carbons (Fsp3) is 0.630. The maximum Gasteiger partial charge on any atom is 0.236 e. The molecule has 1 aliphatic heterocycles. The minimum Gasteiger partial charge on any atom is -0.387 e. The fourth-order valence-electron chi connectivity index (χ4n) is 7.60. The molecule has 0 radical (unpaired) electrons. The van der Waals surface area contributed by atoms with E-state index >= 15 is 0 Å². The van der Waals surface area contributed by atoms with Gasteiger partial charge in [0.05, 0.1) is 0 Å². The van der Waals surface area contributed by atoms with E-state index in [1.54, 1.807) is 11.9 Å². The van der Waals surface area contributed by atoms with Crippen molar-refractivity contribution in [3.05, 3.63) is 42.1 Å². The Labute approximate surface area is 196 Å². The number of nitrogens with one attached hydrogen (secondary N) is 1. The van der Waals surface area contributed by atoms with Crippen molar-refractivity contribution in [1.82, 2.24) is 9.62 Å². The molecule has 1 amide bonds. The zero-order valence-corrected chi connectivity index (χ0v) is 20.4. The quantitative estimate of drug-likeness (QED) is 0.617. The average Bonchev–Trinajstić information content (AvgIpc) is 3.15. The Balaban J connectivity index is 1.36. The standard InChI is InChI=1S/C27H36N2O2S/c1-4-29(32-19-8-6-5-7-9-19)25(31)23-11-10-21-20-17-28-24-16-18(30)12-14-27(24,3)22(20)13-15-26(21,23)2/h5-9,16,20-23,28H,4,10-15,17H2,1-3H3/t20-,21-,22+,23?,26-,27+/m0/s1. The number of hydrogen-bond acceptors (Lipinski definition) is 4. The number of amides is 1. The smallest absolute Gasteiger partial charge is 0.236 e. The normalized spacial score (nSPS) is 38.1. The Hall–Kier alpha value is -1.75. The maximum absolute atomic E-state index is 13.8. The van der Waals surface area contributed by atoms with E-state index in [2.05, 4.69) is 38.2 Å². The minimum absolute atomic E-state index is 0.0761. The van der Waals surface area contributed by atoms with Gasteiger partial charge in [-0.25, -0.2) is 0 Å². The van der Waals surface area contributed by atoms with Crippen LogP contribution in [0.25, 0.3) is 0 Å². The van der Waals surface area contributed by atoms with Gasteiger partial charge in [-0.1, -0.05) is 32.0 Å². The highest BCUT2D eigenvalue weighted by Gasteiger charge is 2.60. The van der Waals surface area contributed by atoms with Crippen LogP contribution in [0.4, 0.5) is 0 Å². The molecule has 32 heavy (non-hydrogen) atoms. The van der Waals surface area contributed by atoms with Gasteiger partial charge in [0.1, 0.15) is 0 Å². The number of carbonyl (C=O) groups is 2. The lowest BCUT2D eigenvalue weighted by Gasteiger charge is -2.58. The third kappa shape index (κ3) is 3.43. The van der Waals surface area contributed by atoms with E-state index in [9.17, 15) is 9.59 Å². The molecule has 1 heterocycles. The second-order valence-corrected chi connectivity index (χ2v) is 11.9. The third-order valence-electron chi connectivity index (χ3n) is 9.38. The monoisotopic (exact) mass is 452 g/mol. The van der Waals surface area contributed by atoms with Crippen LogP contribution in [0.1, 0.15) is 59.3 Å². The molecule has 1 unspecified atom stereocenters. The Morgan fingerprint density at radius 3 is 2.66 bits per heavy atom. The highest BCUT2D eigenvalue weighted by Crippen LogP contribution is 2.64. The van der Waals surface area contributed by atoms with Gasteiger partial charge in [-0.2, -0.15) is 0 Å². The van der Waals surface area contributed by atoms with E-state index in [0.717, 1.165) is 43.7 Å². The first kappa shape index (κ1) is 22.1. The molecular formula is C27H36N2O2S. The van der Waals surface area contributed by atoms with Crippen LogP contribution in [0.2, 0.25) is 0 Å². The summed E-state index contributed by atoms with van der Waals surface area (Å²) in [4.78, 5) is 26.9. The average molecular weight is 453 g/mol. The predicted molar refractivity (Wildman–Crippen MR) is 129 cm³/mol. The van der Waals surface area contributed by atoms with E-state index in [0.29, 0.717) is 30.1 Å². The van der Waals surface area contributed by atoms with E-state index < -0.39 is 0 Å². The number of fused-ring (bicyclic) bond motifs is 5. The lowest BCUT2D eigenvalue weighted by molar-refractivity contribution is -0.137. The van der Waals surface area contributed by atoms with E-state index in [1.807, 2.05) is 28.6 Å². The summed E-state index contributed by atoms with van der Waals surface area (Å²) in [6.45, 7) is 8.55. The summed E-state index contributed by atoms with van der Waals surface area (Å²) in [5.74, 6) is 2.51. The van der Waals surface area contributed by atoms with Crippen molar-refractivity contribution in [3.8, 4) is 0 Å². The van der Waals surface area contributed by atoms with Gasteiger partial charge in [0.15, 0.2) is 5.78 Å². The SMILES string of the molecule is CCN(Sc1ccccc1)C(=O)C1CC[C@H]2[C@@H]3CNC4=CC(=O)CC[C@]4(C)[C@@H]3CC[C@]12C. The third-order valence-corrected chi connectivity index (χ3v) is 10.5. The minimum atomic E-state index is 0.0761. The predicted octanol–water partition coefficient (Wildman–Crippen LogP) is 5.46. The molecule has 0 spiro atoms. The molecule has 1 aromatic rings. The molecule has 3 aliphatic carbocycles. The zero-order chi connectivity index (χ0) is 22.5. The summed E-state index contributed by atoms with van der Waals surface area (Å²) in [7, 11) is 0. The molecule has 0 bridgehead atoms. The molecule has 5 rings (SSSR count). The number of nitrogens with zero attached hydrogens (tertiary/aromatic N) is 1. The van der Waals surface area contributed by atoms with Crippen LogP contribution in [0.15, 0.2) is 47.0 Å². The van der Waals surface area contributed by atoms with Crippen LogP contribution < -0.4 is 5.32 Å². The molecule has 4 nitrogen and oxygen atoms in total. The summed E-state index contributed by atoms with van der Waals surface area (Å²) in [6, 6.07) is 10.3. The second kappa shape index (κ2) is 8.23. The first-order valence-corrected chi connectivity index (χ1v) is 13.2. The number of ketones is 1. The molecule has 1 N–H and O–H groups in total. The summed E-state index contributed by atoms with van der Waals surface area (Å²) in [5.41, 5.74) is 1.35. The van der Waals surface area contributed by atoms with E-state index in [-0.39, 0.29) is 22.5 Å². The molecule has 3 fully saturated rings. The van der Waals surface area contributed by atoms with Gasteiger partial charge >= 0.3 is 0 Å². The molecular weight excluding hydrogens is 416 g/mol. The van der Waals surface area contributed by atoms with Gasteiger partial charge in [-0.3, -0.25) is 13.9 Å². The van der Waals surface area contributed by atoms with E-state index in [4.69, 9.17) is 0 Å². The molecule has 172 valence electrons. The van der Waals surface area contributed by atoms with Crippen molar-refractivity contribution in [1.29, 1.82) is 0 Å². The van der Waals surface area contributed by atoms with Gasteiger partial charge in [-0.05, 0) is 86.3 Å². The van der Waals surface area contributed by atoms with Crippen molar-refractivity contribution in [2.75, 3.05) is 13.1 Å². The second-order valence-electron chi connectivity index (χ2n) is 10.8. The Bertz CT molecular complexity index is 931. The number of piperidine rings is 1. The van der Waals surface area contributed by atoms with Gasteiger partial charge in [0.25, 0.3) is 0 Å². The van der Waals surface area contributed by atoms with Gasteiger partial charge < -0.3 is 5.32 Å². The molecule has 1 aromatic carbocycles. The Morgan fingerprint density at radius 2 is 1.91 bits per heavy atom. The highest BCUT2D eigenvalue weighted by atomic mass is 32.2. The number of benzene rings is 1. The molecule has 6 atom stereocenters. The van der Waals surface area contributed by atoms with Gasteiger partial charge in [-0.15, -0.1) is 0 Å². The number of carbonyl (C=O) groups excluding carboxylic acids is 2. The molecule has 4 aliphatic rings. The van der Waals surface area contributed by atoms with Crippen molar-refractivity contribution >= 4 is 23.6 Å². The van der Waals surface area contributed by atoms with Crippen LogP contribution in [0.3, 0.4) is 0 Å². The van der Waals surface area contributed by atoms with Crippen molar-refractivity contribution in [3.63, 3.8) is 0 Å². The first-order valence-electron chi connectivity index (χ1n) is 12.4. The summed E-state index contributed by atoms with van der Waals surface area (Å²) in [5, 5.41) is 3.67. The van der Waals surface area contributed by atoms with Crippen molar-refractivity contribution < 1.29 is 9.59 Å². The number of hydrogen-bond donors (Lipinski definition) is 1. The van der Waals surface area contributed by atoms with Crippen LogP contribution in [-0.2, 0) is 9.59 Å². The van der Waals surface area contributed by atoms with Crippen LogP contribution in [0.5, 0.6) is 0 Å². The lowest BCUT2D eigenvalue weighted by atomic mass is 9.50. The lowest BCUT2D eigenvalue weighted by Crippen LogP contribution is -2.57. The van der Waals surface area contributed by atoms with Crippen molar-refractivity contribution in [2.45, 2.75) is 64.2 Å². The summed E-state index contributed by atoms with van der Waals surface area (Å²) in [6.07, 6.45) is 7.98. The highest BCUT2D eigenvalue weighted by molar-refractivity contribution is 7.97. The topological polar surface area (TPSA) is 49.4 Å². The summed E-state index contributed by atoms with van der Waals surface area (Å²) < 4.78 is 1.99. The Kier molecular flexibility index (Phi) is 5.68. The van der Waals surface area contributed by atoms with Crippen LogP contribution >= 0.6 is 11.9 Å². The van der Waals surface area contributed by atoms with E-state index in [1.165, 1.54) is 12.1 Å². The largest absolute Gasteiger partial charge is 0.387 e. The van der Waals surface area contributed by atoms with Crippen molar-refractivity contribution in [2.24, 2.45) is 34.5 Å². The zero-order valence-electron chi connectivity index (χ0n) is 19.6. The number of rotatable bonds is 4. The van der Waals surface area contributed by atoms with Crippen LogP contribution in [-0.4, -0.2) is 29.1 Å². The van der Waals surface area contributed by atoms with Crippen LogP contribution in [0, 0.1) is 34.5 Å². The molecule has 1 saturated heterocycles. The Morgan fingerprint density at radius 1 is 1.12 bits per heavy atom. The van der Waals surface area contributed by atoms with Gasteiger partial charge in [0, 0.05) is 47.5 Å². The fourth-order valence-corrected chi connectivity index (χ4v) is 8.48. The molecule has 5 heteroatoms. The van der Waals surface area contributed by atoms with Gasteiger partial charge in [0.2, 0.25) is 5.91 Å². The maximum atomic E-state index is 13.8. The first-order chi connectivity index (χ1) is 15.4. The number of allylic oxidation sites excluding steroid dienone is 2. The molecule has 0 aromatic heterocycles. The summed E-state index contributed by atoms with van der Waals surface area (Å²) >= 11 is 1.59. The molecule has 2 saturated carbocycles.